The lowest BCUT2D eigenvalue weighted by Crippen LogP contribution is -2.36. The van der Waals surface area contributed by atoms with Gasteiger partial charge in [-0.3, -0.25) is 0 Å². The Morgan fingerprint density at radius 2 is 2.20 bits per heavy atom. The van der Waals surface area contributed by atoms with Crippen molar-refractivity contribution in [3.63, 3.8) is 0 Å². The maximum atomic E-state index is 9.63. The fourth-order valence-corrected chi connectivity index (χ4v) is 2.20. The molecule has 3 heteroatoms. The largest absolute Gasteiger partial charge is 0.389 e. The summed E-state index contributed by atoms with van der Waals surface area (Å²) in [6, 6.07) is 0. The summed E-state index contributed by atoms with van der Waals surface area (Å²) >= 11 is 0. The molecule has 0 radical (unpaired) electrons. The van der Waals surface area contributed by atoms with Crippen LogP contribution in [0.2, 0.25) is 0 Å². The van der Waals surface area contributed by atoms with Crippen LogP contribution in [0.25, 0.3) is 0 Å². The minimum Gasteiger partial charge on any atom is -0.389 e. The SMILES string of the molecule is CN(CCCC1CCCO1)CC(C)(C)O. The Morgan fingerprint density at radius 1 is 1.47 bits per heavy atom. The van der Waals surface area contributed by atoms with Crippen LogP contribution >= 0.6 is 0 Å². The predicted octanol–water partition coefficient (Wildman–Crippen LogP) is 1.65. The molecule has 1 atom stereocenters. The van der Waals surface area contributed by atoms with Crippen molar-refractivity contribution >= 4 is 0 Å². The van der Waals surface area contributed by atoms with Crippen LogP contribution in [0.1, 0.15) is 39.5 Å². The van der Waals surface area contributed by atoms with E-state index in [9.17, 15) is 5.11 Å². The molecule has 0 aromatic rings. The first-order chi connectivity index (χ1) is 6.97. The molecule has 0 saturated carbocycles. The van der Waals surface area contributed by atoms with Gasteiger partial charge in [0.2, 0.25) is 0 Å². The topological polar surface area (TPSA) is 32.7 Å². The van der Waals surface area contributed by atoms with Gasteiger partial charge < -0.3 is 14.7 Å². The highest BCUT2D eigenvalue weighted by atomic mass is 16.5. The minimum atomic E-state index is -0.585. The third-order valence-corrected chi connectivity index (χ3v) is 2.75. The number of rotatable bonds is 6. The van der Waals surface area contributed by atoms with Crippen LogP contribution in [0.5, 0.6) is 0 Å². The van der Waals surface area contributed by atoms with Gasteiger partial charge in [-0.25, -0.2) is 0 Å². The number of likely N-dealkylation sites (N-methyl/N-ethyl adjacent to an activating group) is 1. The quantitative estimate of drug-likeness (QED) is 0.731. The van der Waals surface area contributed by atoms with Crippen molar-refractivity contribution in [1.29, 1.82) is 0 Å². The van der Waals surface area contributed by atoms with Crippen molar-refractivity contribution in [3.05, 3.63) is 0 Å². The lowest BCUT2D eigenvalue weighted by atomic mass is 10.1. The van der Waals surface area contributed by atoms with Crippen molar-refractivity contribution in [2.45, 2.75) is 51.2 Å². The lowest BCUT2D eigenvalue weighted by Gasteiger charge is -2.25. The maximum Gasteiger partial charge on any atom is 0.0718 e. The van der Waals surface area contributed by atoms with Gasteiger partial charge in [0.25, 0.3) is 0 Å². The molecule has 15 heavy (non-hydrogen) atoms. The molecule has 1 aliphatic rings. The van der Waals surface area contributed by atoms with Crippen LogP contribution in [0.15, 0.2) is 0 Å². The second kappa shape index (κ2) is 5.83. The third-order valence-electron chi connectivity index (χ3n) is 2.75. The van der Waals surface area contributed by atoms with Gasteiger partial charge in [0.05, 0.1) is 11.7 Å². The molecule has 1 heterocycles. The van der Waals surface area contributed by atoms with Crippen molar-refractivity contribution < 1.29 is 9.84 Å². The lowest BCUT2D eigenvalue weighted by molar-refractivity contribution is 0.0421. The maximum absolute atomic E-state index is 9.63. The van der Waals surface area contributed by atoms with Crippen LogP contribution in [-0.2, 0) is 4.74 Å². The Labute approximate surface area is 93.4 Å². The minimum absolute atomic E-state index is 0.500. The second-order valence-electron chi connectivity index (χ2n) is 5.33. The smallest absolute Gasteiger partial charge is 0.0718 e. The highest BCUT2D eigenvalue weighted by Crippen LogP contribution is 2.17. The molecule has 1 saturated heterocycles. The van der Waals surface area contributed by atoms with Crippen LogP contribution in [-0.4, -0.2) is 48.5 Å². The molecule has 3 nitrogen and oxygen atoms in total. The Balaban J connectivity index is 2.03. The molecule has 0 spiro atoms. The van der Waals surface area contributed by atoms with Gasteiger partial charge in [0.1, 0.15) is 0 Å². The third kappa shape index (κ3) is 6.13. The zero-order valence-electron chi connectivity index (χ0n) is 10.3. The molecule has 0 amide bonds. The highest BCUT2D eigenvalue weighted by molar-refractivity contribution is 4.71. The molecule has 90 valence electrons. The molecule has 1 rings (SSSR count). The van der Waals surface area contributed by atoms with E-state index in [0.717, 1.165) is 32.5 Å². The van der Waals surface area contributed by atoms with Crippen molar-refractivity contribution in [2.75, 3.05) is 26.7 Å². The standard InChI is InChI=1S/C12H25NO2/c1-12(2,14)10-13(3)8-4-6-11-7-5-9-15-11/h11,14H,4-10H2,1-3H3. The fraction of sp³-hybridized carbons (Fsp3) is 1.00. The average Bonchev–Trinajstić information content (AvgIpc) is 2.53. The van der Waals surface area contributed by atoms with Crippen LogP contribution in [0.3, 0.4) is 0 Å². The van der Waals surface area contributed by atoms with E-state index in [0.29, 0.717) is 6.10 Å². The first kappa shape index (κ1) is 12.9. The summed E-state index contributed by atoms with van der Waals surface area (Å²) in [4.78, 5) is 2.19. The molecule has 0 bridgehead atoms. The monoisotopic (exact) mass is 215 g/mol. The molecule has 1 N–H and O–H groups in total. The van der Waals surface area contributed by atoms with Gasteiger partial charge in [-0.15, -0.1) is 0 Å². The average molecular weight is 215 g/mol. The summed E-state index contributed by atoms with van der Waals surface area (Å²) < 4.78 is 5.57. The van der Waals surface area contributed by atoms with Crippen molar-refractivity contribution in [2.24, 2.45) is 0 Å². The van der Waals surface area contributed by atoms with Gasteiger partial charge in [-0.05, 0) is 53.1 Å². The van der Waals surface area contributed by atoms with Crippen molar-refractivity contribution in [1.82, 2.24) is 4.90 Å². The second-order valence-corrected chi connectivity index (χ2v) is 5.33. The normalized spacial score (nSPS) is 22.6. The van der Waals surface area contributed by atoms with E-state index in [1.54, 1.807) is 0 Å². The molecule has 0 aromatic carbocycles. The Hall–Kier alpha value is -0.120. The molecular formula is C12H25NO2. The summed E-state index contributed by atoms with van der Waals surface area (Å²) in [5.41, 5.74) is -0.585. The van der Waals surface area contributed by atoms with E-state index in [2.05, 4.69) is 11.9 Å². The molecule has 1 aliphatic heterocycles. The van der Waals surface area contributed by atoms with E-state index in [4.69, 9.17) is 4.74 Å². The highest BCUT2D eigenvalue weighted by Gasteiger charge is 2.17. The van der Waals surface area contributed by atoms with Gasteiger partial charge in [-0.2, -0.15) is 0 Å². The van der Waals surface area contributed by atoms with Gasteiger partial charge >= 0.3 is 0 Å². The van der Waals surface area contributed by atoms with E-state index in [-0.39, 0.29) is 0 Å². The fourth-order valence-electron chi connectivity index (χ4n) is 2.20. The van der Waals surface area contributed by atoms with Crippen molar-refractivity contribution in [3.8, 4) is 0 Å². The summed E-state index contributed by atoms with van der Waals surface area (Å²) in [5.74, 6) is 0. The van der Waals surface area contributed by atoms with Crippen LogP contribution in [0.4, 0.5) is 0 Å². The summed E-state index contributed by atoms with van der Waals surface area (Å²) in [6.07, 6.45) is 5.29. The zero-order valence-corrected chi connectivity index (χ0v) is 10.3. The number of ether oxygens (including phenoxy) is 1. The van der Waals surface area contributed by atoms with Gasteiger partial charge in [0.15, 0.2) is 0 Å². The van der Waals surface area contributed by atoms with E-state index >= 15 is 0 Å². The number of nitrogens with zero attached hydrogens (tertiary/aromatic N) is 1. The summed E-state index contributed by atoms with van der Waals surface area (Å²) in [6.45, 7) is 6.43. The number of aliphatic hydroxyl groups is 1. The van der Waals surface area contributed by atoms with Gasteiger partial charge in [0, 0.05) is 13.2 Å². The molecule has 1 fully saturated rings. The van der Waals surface area contributed by atoms with Gasteiger partial charge in [-0.1, -0.05) is 0 Å². The van der Waals surface area contributed by atoms with Crippen LogP contribution in [0, 0.1) is 0 Å². The van der Waals surface area contributed by atoms with E-state index < -0.39 is 5.60 Å². The predicted molar refractivity (Wildman–Crippen MR) is 62.0 cm³/mol. The molecule has 0 aromatic heterocycles. The Kier molecular flexibility index (Phi) is 5.03. The molecule has 1 unspecified atom stereocenters. The van der Waals surface area contributed by atoms with E-state index in [1.807, 2.05) is 13.8 Å². The first-order valence-electron chi connectivity index (χ1n) is 6.00. The Morgan fingerprint density at radius 3 is 2.73 bits per heavy atom. The summed E-state index contributed by atoms with van der Waals surface area (Å²) in [5, 5.41) is 9.63. The van der Waals surface area contributed by atoms with Crippen LogP contribution < -0.4 is 0 Å². The molecular weight excluding hydrogens is 190 g/mol. The molecule has 0 aliphatic carbocycles. The zero-order chi connectivity index (χ0) is 11.3. The number of hydrogen-bond donors (Lipinski definition) is 1. The first-order valence-corrected chi connectivity index (χ1v) is 6.00. The van der Waals surface area contributed by atoms with E-state index in [1.165, 1.54) is 12.8 Å². The Bertz CT molecular complexity index is 171. The summed E-state index contributed by atoms with van der Waals surface area (Å²) in [7, 11) is 2.06. The number of hydrogen-bond acceptors (Lipinski definition) is 3.